The first-order chi connectivity index (χ1) is 18.5. The molecule has 0 amide bonds. The van der Waals surface area contributed by atoms with Crippen molar-refractivity contribution in [3.8, 4) is 0 Å². The molecule has 2 aromatic rings. The van der Waals surface area contributed by atoms with Crippen LogP contribution >= 0.6 is 0 Å². The second-order valence-corrected chi connectivity index (χ2v) is 8.77. The van der Waals surface area contributed by atoms with Crippen LogP contribution in [0.15, 0.2) is 54.6 Å². The average molecular weight is 543 g/mol. The number of hydrogen-bond acceptors (Lipinski definition) is 6. The molecule has 39 heavy (non-hydrogen) atoms. The summed E-state index contributed by atoms with van der Waals surface area (Å²) in [4.78, 5) is 22.9. The third kappa shape index (κ3) is 17.5. The normalized spacial score (nSPS) is 10.6. The van der Waals surface area contributed by atoms with Gasteiger partial charge in [-0.1, -0.05) is 82.0 Å². The summed E-state index contributed by atoms with van der Waals surface area (Å²) >= 11 is 0. The van der Waals surface area contributed by atoms with E-state index in [0.717, 1.165) is 61.2 Å². The molecule has 0 unspecified atom stereocenters. The van der Waals surface area contributed by atoms with Crippen LogP contribution in [0.25, 0.3) is 6.08 Å². The van der Waals surface area contributed by atoms with E-state index in [1.165, 1.54) is 0 Å². The molecule has 218 valence electrons. The SMILES string of the molecule is C.CCCOCCOC/C=C/c1ccccc1C(C)=O.CCCOCCOCCCc1ccccc1C(C)=O. The fourth-order valence-corrected chi connectivity index (χ4v) is 3.57. The summed E-state index contributed by atoms with van der Waals surface area (Å²) in [5, 5.41) is 0. The van der Waals surface area contributed by atoms with E-state index in [0.29, 0.717) is 39.6 Å². The minimum absolute atomic E-state index is 0. The van der Waals surface area contributed by atoms with Crippen molar-refractivity contribution in [3.63, 3.8) is 0 Å². The Balaban J connectivity index is 0.000000722. The monoisotopic (exact) mass is 542 g/mol. The second-order valence-electron chi connectivity index (χ2n) is 8.77. The van der Waals surface area contributed by atoms with Crippen molar-refractivity contribution in [2.45, 2.75) is 60.8 Å². The summed E-state index contributed by atoms with van der Waals surface area (Å²) < 4.78 is 21.5. The van der Waals surface area contributed by atoms with Crippen LogP contribution in [0.2, 0.25) is 0 Å². The lowest BCUT2D eigenvalue weighted by Crippen LogP contribution is -2.07. The molecule has 0 radical (unpaired) electrons. The zero-order valence-corrected chi connectivity index (χ0v) is 23.7. The summed E-state index contributed by atoms with van der Waals surface area (Å²) in [5.41, 5.74) is 3.61. The average Bonchev–Trinajstić information content (AvgIpc) is 2.92. The van der Waals surface area contributed by atoms with Gasteiger partial charge in [0.05, 0.1) is 33.0 Å². The Bertz CT molecular complexity index is 937. The van der Waals surface area contributed by atoms with Gasteiger partial charge in [0.25, 0.3) is 0 Å². The minimum Gasteiger partial charge on any atom is -0.379 e. The first kappa shape index (κ1) is 36.4. The third-order valence-corrected chi connectivity index (χ3v) is 5.42. The number of Topliss-reactive ketones (excluding diaryl/α,β-unsaturated/α-hetero) is 2. The molecule has 0 aromatic heterocycles. The number of rotatable bonds is 19. The Kier molecular flexibility index (Phi) is 22.8. The molecule has 6 heteroatoms. The van der Waals surface area contributed by atoms with Crippen LogP contribution in [-0.2, 0) is 25.4 Å². The number of hydrogen-bond donors (Lipinski definition) is 0. The van der Waals surface area contributed by atoms with Crippen LogP contribution in [0.1, 0.15) is 86.2 Å². The van der Waals surface area contributed by atoms with Gasteiger partial charge in [-0.25, -0.2) is 0 Å². The summed E-state index contributed by atoms with van der Waals surface area (Å²) in [6, 6.07) is 15.3. The van der Waals surface area contributed by atoms with Gasteiger partial charge in [0.2, 0.25) is 0 Å². The van der Waals surface area contributed by atoms with Gasteiger partial charge in [-0.2, -0.15) is 0 Å². The molecule has 0 aliphatic carbocycles. The molecular weight excluding hydrogens is 492 g/mol. The first-order valence-electron chi connectivity index (χ1n) is 13.7. The van der Waals surface area contributed by atoms with Gasteiger partial charge in [-0.05, 0) is 50.7 Å². The van der Waals surface area contributed by atoms with Crippen LogP contribution in [0.3, 0.4) is 0 Å². The Morgan fingerprint density at radius 2 is 1.18 bits per heavy atom. The van der Waals surface area contributed by atoms with Crippen LogP contribution in [0.5, 0.6) is 0 Å². The molecule has 6 nitrogen and oxygen atoms in total. The molecule has 0 saturated carbocycles. The molecule has 2 aromatic carbocycles. The van der Waals surface area contributed by atoms with Gasteiger partial charge >= 0.3 is 0 Å². The Hall–Kier alpha value is -2.64. The van der Waals surface area contributed by atoms with Crippen molar-refractivity contribution >= 4 is 17.6 Å². The van der Waals surface area contributed by atoms with E-state index >= 15 is 0 Å². The summed E-state index contributed by atoms with van der Waals surface area (Å²) in [6.45, 7) is 12.7. The van der Waals surface area contributed by atoms with E-state index in [2.05, 4.69) is 13.8 Å². The predicted octanol–water partition coefficient (Wildman–Crippen LogP) is 7.25. The van der Waals surface area contributed by atoms with Gasteiger partial charge in [-0.3, -0.25) is 9.59 Å². The lowest BCUT2D eigenvalue weighted by Gasteiger charge is -2.07. The Morgan fingerprint density at radius 3 is 1.77 bits per heavy atom. The van der Waals surface area contributed by atoms with E-state index < -0.39 is 0 Å². The fraction of sp³-hybridized carbons (Fsp3) is 0.515. The van der Waals surface area contributed by atoms with Crippen LogP contribution in [0, 0.1) is 0 Å². The number of carbonyl (C=O) groups excluding carboxylic acids is 2. The number of aryl methyl sites for hydroxylation is 1. The van der Waals surface area contributed by atoms with E-state index in [9.17, 15) is 9.59 Å². The number of ether oxygens (including phenoxy) is 4. The minimum atomic E-state index is 0. The smallest absolute Gasteiger partial charge is 0.160 e. The molecule has 0 bridgehead atoms. The van der Waals surface area contributed by atoms with Crippen molar-refractivity contribution in [3.05, 3.63) is 76.9 Å². The van der Waals surface area contributed by atoms with Gasteiger partial charge in [-0.15, -0.1) is 0 Å². The summed E-state index contributed by atoms with van der Waals surface area (Å²) in [7, 11) is 0. The van der Waals surface area contributed by atoms with Crippen molar-refractivity contribution in [1.82, 2.24) is 0 Å². The highest BCUT2D eigenvalue weighted by Gasteiger charge is 2.05. The van der Waals surface area contributed by atoms with Crippen molar-refractivity contribution in [2.75, 3.05) is 52.9 Å². The molecule has 0 heterocycles. The number of benzene rings is 2. The Labute approximate surface area is 236 Å². The summed E-state index contributed by atoms with van der Waals surface area (Å²) in [6.07, 6.45) is 7.72. The van der Waals surface area contributed by atoms with E-state index in [1.807, 2.05) is 60.7 Å². The van der Waals surface area contributed by atoms with Crippen molar-refractivity contribution in [1.29, 1.82) is 0 Å². The van der Waals surface area contributed by atoms with E-state index in [4.69, 9.17) is 18.9 Å². The van der Waals surface area contributed by atoms with Crippen LogP contribution in [-0.4, -0.2) is 64.4 Å². The zero-order valence-electron chi connectivity index (χ0n) is 23.7. The molecule has 0 N–H and O–H groups in total. The standard InChI is InChI=1S/C16H24O3.C16H22O3.CH4/c2*1-3-10-18-12-13-19-11-6-8-15-7-4-5-9-16(15)14(2)17;/h4-5,7,9H,3,6,8,10-13H2,1-2H3;4-9H,3,10-13H2,1-2H3;1H4/b;8-6+;. The number of carbonyl (C=O) groups is 2. The molecular formula is C33H50O6. The molecule has 0 atom stereocenters. The predicted molar refractivity (Wildman–Crippen MR) is 161 cm³/mol. The fourth-order valence-electron chi connectivity index (χ4n) is 3.57. The molecule has 0 spiro atoms. The van der Waals surface area contributed by atoms with Crippen molar-refractivity contribution < 1.29 is 28.5 Å². The van der Waals surface area contributed by atoms with Crippen LogP contribution < -0.4 is 0 Å². The van der Waals surface area contributed by atoms with E-state index in [1.54, 1.807) is 13.8 Å². The molecule has 0 fully saturated rings. The maximum absolute atomic E-state index is 11.5. The topological polar surface area (TPSA) is 71.1 Å². The second kappa shape index (κ2) is 24.4. The maximum Gasteiger partial charge on any atom is 0.160 e. The highest BCUT2D eigenvalue weighted by Crippen LogP contribution is 2.12. The molecule has 2 rings (SSSR count). The van der Waals surface area contributed by atoms with Gasteiger partial charge < -0.3 is 18.9 Å². The first-order valence-corrected chi connectivity index (χ1v) is 13.7. The Morgan fingerprint density at radius 1 is 0.667 bits per heavy atom. The lowest BCUT2D eigenvalue weighted by atomic mass is 10.0. The summed E-state index contributed by atoms with van der Waals surface area (Å²) in [5.74, 6) is 0.207. The maximum atomic E-state index is 11.5. The van der Waals surface area contributed by atoms with Gasteiger partial charge in [0.15, 0.2) is 11.6 Å². The highest BCUT2D eigenvalue weighted by atomic mass is 16.5. The van der Waals surface area contributed by atoms with Gasteiger partial charge in [0.1, 0.15) is 0 Å². The molecule has 0 aliphatic rings. The lowest BCUT2D eigenvalue weighted by molar-refractivity contribution is 0.0472. The number of ketones is 2. The highest BCUT2D eigenvalue weighted by molar-refractivity contribution is 5.97. The molecule has 0 aliphatic heterocycles. The largest absolute Gasteiger partial charge is 0.379 e. The zero-order chi connectivity index (χ0) is 27.8. The van der Waals surface area contributed by atoms with Crippen LogP contribution in [0.4, 0.5) is 0 Å². The third-order valence-electron chi connectivity index (χ3n) is 5.42. The van der Waals surface area contributed by atoms with Gasteiger partial charge in [0, 0.05) is 30.9 Å². The van der Waals surface area contributed by atoms with E-state index in [-0.39, 0.29) is 19.0 Å². The quantitative estimate of drug-likeness (QED) is 0.138. The van der Waals surface area contributed by atoms with Crippen molar-refractivity contribution in [2.24, 2.45) is 0 Å². The molecule has 0 saturated heterocycles.